The highest BCUT2D eigenvalue weighted by Gasteiger charge is 2.26. The summed E-state index contributed by atoms with van der Waals surface area (Å²) in [6, 6.07) is 0. The molecule has 0 amide bonds. The molecule has 9 nitrogen and oxygen atoms in total. The highest BCUT2D eigenvalue weighted by atomic mass is 31.2. The van der Waals surface area contributed by atoms with E-state index in [0.29, 0.717) is 6.42 Å². The molecule has 0 aliphatic carbocycles. The van der Waals surface area contributed by atoms with Crippen LogP contribution in [0.5, 0.6) is 0 Å². The van der Waals surface area contributed by atoms with Gasteiger partial charge in [0.1, 0.15) is 6.61 Å². The van der Waals surface area contributed by atoms with Gasteiger partial charge in [0.15, 0.2) is 6.10 Å². The van der Waals surface area contributed by atoms with E-state index in [1.807, 2.05) is 0 Å². The van der Waals surface area contributed by atoms with Crippen LogP contribution in [0.25, 0.3) is 0 Å². The lowest BCUT2D eigenvalue weighted by atomic mass is 10.0. The monoisotopic (exact) mass is 1050 g/mol. The second kappa shape index (κ2) is 59.0. The Kier molecular flexibility index (Phi) is 57.1. The van der Waals surface area contributed by atoms with E-state index in [-0.39, 0.29) is 38.6 Å². The minimum Gasteiger partial charge on any atom is -0.462 e. The lowest BCUT2D eigenvalue weighted by molar-refractivity contribution is -0.161. The predicted molar refractivity (Wildman–Crippen MR) is 312 cm³/mol. The zero-order valence-electron chi connectivity index (χ0n) is 47.6. The number of unbranched alkanes of at least 4 members (excludes halogenated alkanes) is 35. The average Bonchev–Trinajstić information content (AvgIpc) is 3.38. The van der Waals surface area contributed by atoms with Crippen molar-refractivity contribution >= 4 is 19.8 Å². The summed E-state index contributed by atoms with van der Waals surface area (Å²) in [6.07, 6.45) is 74.8. The van der Waals surface area contributed by atoms with Crippen LogP contribution < -0.4 is 5.73 Å². The van der Waals surface area contributed by atoms with Gasteiger partial charge in [-0.3, -0.25) is 18.6 Å². The first-order valence-electron chi connectivity index (χ1n) is 30.8. The normalized spacial score (nSPS) is 13.4. The maximum atomic E-state index is 12.7. The number of phosphoric ester groups is 1. The van der Waals surface area contributed by atoms with Gasteiger partial charge in [-0.25, -0.2) is 4.57 Å². The smallest absolute Gasteiger partial charge is 0.462 e. The number of hydrogen-bond donors (Lipinski definition) is 2. The van der Waals surface area contributed by atoms with Crippen molar-refractivity contribution in [1.29, 1.82) is 0 Å². The lowest BCUT2D eigenvalue weighted by Crippen LogP contribution is -2.29. The van der Waals surface area contributed by atoms with Crippen molar-refractivity contribution in [3.05, 3.63) is 60.8 Å². The number of hydrogen-bond acceptors (Lipinski definition) is 8. The zero-order chi connectivity index (χ0) is 53.1. The Bertz CT molecular complexity index is 1380. The molecule has 0 aliphatic heterocycles. The molecule has 3 N–H and O–H groups in total. The van der Waals surface area contributed by atoms with Gasteiger partial charge in [-0.2, -0.15) is 0 Å². The Morgan fingerprint density at radius 3 is 1.14 bits per heavy atom. The molecule has 0 rings (SSSR count). The fourth-order valence-electron chi connectivity index (χ4n) is 8.85. The number of esters is 2. The van der Waals surface area contributed by atoms with Crippen LogP contribution in [0.4, 0.5) is 0 Å². The third-order valence-electron chi connectivity index (χ3n) is 13.4. The Hall–Kier alpha value is -2.29. The van der Waals surface area contributed by atoms with Gasteiger partial charge in [0, 0.05) is 19.4 Å². The topological polar surface area (TPSA) is 134 Å². The van der Waals surface area contributed by atoms with E-state index in [1.54, 1.807) is 0 Å². The molecule has 0 fully saturated rings. The standard InChI is InChI=1S/C63H116NO8P/c1-3-5-7-9-11-13-15-16-17-18-19-20-21-22-23-24-25-26-27-28-29-30-31-32-33-34-35-36-37-38-39-40-41-42-43-44-46-48-50-52-54-56-63(66)72-61(60-71-73(67,68)70-58-57-64)59-69-62(65)55-53-51-49-47-45-14-12-10-8-6-4-2/h5,7,10-13,16-17,19-20,61H,3-4,6,8-9,14-15,18,21-60,64H2,1-2H3,(H,67,68)/b7-5-,12-10-,13-11-,17-16-,20-19-. The molecule has 0 aromatic heterocycles. The summed E-state index contributed by atoms with van der Waals surface area (Å²) < 4.78 is 32.9. The predicted octanol–water partition coefficient (Wildman–Crippen LogP) is 19.5. The highest BCUT2D eigenvalue weighted by molar-refractivity contribution is 7.47. The van der Waals surface area contributed by atoms with Crippen LogP contribution in [0, 0.1) is 0 Å². The molecule has 0 aromatic carbocycles. The number of carbonyl (C=O) groups is 2. The largest absolute Gasteiger partial charge is 0.472 e. The SMILES string of the molecule is CC/C=C\C/C=C\C/C=C\C/C=C\CCCCCCCCCCCCCCCCCCCCCCCCCCCCCCC(=O)OC(COC(=O)CCCCCCC/C=C\CCCC)COP(=O)(O)OCCN. The molecule has 0 bridgehead atoms. The van der Waals surface area contributed by atoms with Crippen LogP contribution in [0.2, 0.25) is 0 Å². The van der Waals surface area contributed by atoms with Gasteiger partial charge in [0.25, 0.3) is 0 Å². The van der Waals surface area contributed by atoms with Crippen molar-refractivity contribution in [2.45, 2.75) is 302 Å². The summed E-state index contributed by atoms with van der Waals surface area (Å²) in [5.41, 5.74) is 5.37. The summed E-state index contributed by atoms with van der Waals surface area (Å²) in [7, 11) is -4.38. The first-order chi connectivity index (χ1) is 35.8. The molecule has 0 aromatic rings. The molecule has 10 heteroatoms. The van der Waals surface area contributed by atoms with Gasteiger partial charge in [-0.15, -0.1) is 0 Å². The molecule has 0 aliphatic rings. The fourth-order valence-corrected chi connectivity index (χ4v) is 9.61. The number of carbonyl (C=O) groups excluding carboxylic acids is 2. The first kappa shape index (κ1) is 70.7. The molecule has 0 heterocycles. The van der Waals surface area contributed by atoms with Crippen LogP contribution in [0.15, 0.2) is 60.8 Å². The maximum absolute atomic E-state index is 12.7. The second-order valence-corrected chi connectivity index (χ2v) is 22.0. The van der Waals surface area contributed by atoms with E-state index in [9.17, 15) is 19.0 Å². The molecule has 426 valence electrons. The molecular weight excluding hydrogens is 930 g/mol. The van der Waals surface area contributed by atoms with Gasteiger partial charge >= 0.3 is 19.8 Å². The molecule has 2 atom stereocenters. The van der Waals surface area contributed by atoms with Crippen LogP contribution in [-0.4, -0.2) is 49.3 Å². The number of phosphoric acid groups is 1. The van der Waals surface area contributed by atoms with E-state index in [2.05, 4.69) is 74.6 Å². The number of nitrogens with two attached hydrogens (primary N) is 1. The van der Waals surface area contributed by atoms with Crippen molar-refractivity contribution in [2.24, 2.45) is 5.73 Å². The van der Waals surface area contributed by atoms with E-state index >= 15 is 0 Å². The third-order valence-corrected chi connectivity index (χ3v) is 14.4. The van der Waals surface area contributed by atoms with Crippen molar-refractivity contribution in [1.82, 2.24) is 0 Å². The van der Waals surface area contributed by atoms with Gasteiger partial charge in [0.2, 0.25) is 0 Å². The Balaban J connectivity index is 3.69. The minimum absolute atomic E-state index is 0.0534. The molecule has 73 heavy (non-hydrogen) atoms. The molecule has 0 spiro atoms. The van der Waals surface area contributed by atoms with E-state index in [4.69, 9.17) is 24.3 Å². The summed E-state index contributed by atoms with van der Waals surface area (Å²) >= 11 is 0. The molecule has 2 unspecified atom stereocenters. The van der Waals surface area contributed by atoms with E-state index in [0.717, 1.165) is 83.5 Å². The summed E-state index contributed by atoms with van der Waals surface area (Å²) in [6.45, 7) is 3.60. The quantitative estimate of drug-likeness (QED) is 0.0264. The third kappa shape index (κ3) is 58.8. The number of allylic oxidation sites excluding steroid dienone is 10. The van der Waals surface area contributed by atoms with Gasteiger partial charge < -0.3 is 20.1 Å². The Labute approximate surface area is 450 Å². The number of ether oxygens (including phenoxy) is 2. The average molecular weight is 1050 g/mol. The molecular formula is C63H116NO8P. The van der Waals surface area contributed by atoms with Crippen molar-refractivity contribution in [2.75, 3.05) is 26.4 Å². The van der Waals surface area contributed by atoms with E-state index < -0.39 is 26.5 Å². The van der Waals surface area contributed by atoms with E-state index in [1.165, 1.54) is 180 Å². The Morgan fingerprint density at radius 1 is 0.425 bits per heavy atom. The zero-order valence-corrected chi connectivity index (χ0v) is 48.5. The summed E-state index contributed by atoms with van der Waals surface area (Å²) in [4.78, 5) is 35.0. The van der Waals surface area contributed by atoms with Crippen LogP contribution in [-0.2, 0) is 32.7 Å². The van der Waals surface area contributed by atoms with Gasteiger partial charge in [0.05, 0.1) is 13.2 Å². The Morgan fingerprint density at radius 2 is 0.753 bits per heavy atom. The van der Waals surface area contributed by atoms with Crippen molar-refractivity contribution < 1.29 is 37.6 Å². The first-order valence-corrected chi connectivity index (χ1v) is 32.3. The van der Waals surface area contributed by atoms with Crippen molar-refractivity contribution in [3.8, 4) is 0 Å². The highest BCUT2D eigenvalue weighted by Crippen LogP contribution is 2.43. The summed E-state index contributed by atoms with van der Waals surface area (Å²) in [5, 5.41) is 0. The van der Waals surface area contributed by atoms with Crippen LogP contribution in [0.1, 0.15) is 296 Å². The second-order valence-electron chi connectivity index (χ2n) is 20.5. The van der Waals surface area contributed by atoms with Gasteiger partial charge in [-0.1, -0.05) is 274 Å². The summed E-state index contributed by atoms with van der Waals surface area (Å²) in [5.74, 6) is -0.828. The molecule has 0 saturated carbocycles. The van der Waals surface area contributed by atoms with Crippen LogP contribution in [0.3, 0.4) is 0 Å². The maximum Gasteiger partial charge on any atom is 0.472 e. The molecule has 0 saturated heterocycles. The number of rotatable bonds is 58. The minimum atomic E-state index is -4.38. The fraction of sp³-hybridized carbons (Fsp3) is 0.810. The lowest BCUT2D eigenvalue weighted by Gasteiger charge is -2.19. The molecule has 0 radical (unpaired) electrons. The van der Waals surface area contributed by atoms with Gasteiger partial charge in [-0.05, 0) is 70.6 Å². The van der Waals surface area contributed by atoms with Crippen molar-refractivity contribution in [3.63, 3.8) is 0 Å². The van der Waals surface area contributed by atoms with Crippen LogP contribution >= 0.6 is 7.82 Å².